The average Bonchev–Trinajstić information content (AvgIpc) is 2.44. The van der Waals surface area contributed by atoms with Crippen molar-refractivity contribution in [3.63, 3.8) is 0 Å². The van der Waals surface area contributed by atoms with Crippen LogP contribution in [0.25, 0.3) is 0 Å². The van der Waals surface area contributed by atoms with Crippen LogP contribution >= 0.6 is 15.9 Å². The van der Waals surface area contributed by atoms with Crippen molar-refractivity contribution in [2.75, 3.05) is 7.11 Å². The van der Waals surface area contributed by atoms with Crippen molar-refractivity contribution >= 4 is 15.9 Å². The lowest BCUT2D eigenvalue weighted by Gasteiger charge is -2.20. The molecular weight excluding hydrogens is 323 g/mol. The van der Waals surface area contributed by atoms with Crippen LogP contribution in [0.1, 0.15) is 22.7 Å². The molecule has 2 rings (SSSR count). The van der Waals surface area contributed by atoms with Gasteiger partial charge in [-0.25, -0.2) is 9.82 Å². The second-order valence-electron chi connectivity index (χ2n) is 4.49. The first kappa shape index (κ1) is 15.0. The quantitative estimate of drug-likeness (QED) is 0.663. The third kappa shape index (κ3) is 3.00. The summed E-state index contributed by atoms with van der Waals surface area (Å²) in [5.41, 5.74) is 5.41. The first-order valence-corrected chi connectivity index (χ1v) is 6.91. The molecule has 1 unspecified atom stereocenters. The zero-order valence-corrected chi connectivity index (χ0v) is 12.9. The molecule has 0 heterocycles. The molecule has 0 saturated heterocycles. The molecule has 0 amide bonds. The Morgan fingerprint density at radius 1 is 1.25 bits per heavy atom. The fraction of sp³-hybridized carbons (Fsp3) is 0.200. The van der Waals surface area contributed by atoms with Gasteiger partial charge in [0.2, 0.25) is 0 Å². The number of methoxy groups -OCH3 is 1. The van der Waals surface area contributed by atoms with E-state index in [-0.39, 0.29) is 11.9 Å². The van der Waals surface area contributed by atoms with Gasteiger partial charge in [-0.15, -0.1) is 0 Å². The summed E-state index contributed by atoms with van der Waals surface area (Å²) in [7, 11) is 1.55. The number of benzene rings is 2. The molecule has 0 bridgehead atoms. The Morgan fingerprint density at radius 3 is 2.60 bits per heavy atom. The predicted octanol–water partition coefficient (Wildman–Crippen LogP) is 3.46. The van der Waals surface area contributed by atoms with E-state index < -0.39 is 0 Å². The van der Waals surface area contributed by atoms with Crippen molar-refractivity contribution in [1.82, 2.24) is 5.43 Å². The Labute approximate surface area is 126 Å². The lowest BCUT2D eigenvalue weighted by Crippen LogP contribution is -2.29. The number of nitrogens with one attached hydrogen (secondary N) is 1. The van der Waals surface area contributed by atoms with E-state index >= 15 is 0 Å². The number of ether oxygens (including phenoxy) is 1. The van der Waals surface area contributed by atoms with Crippen LogP contribution in [0.15, 0.2) is 40.9 Å². The number of aryl methyl sites for hydroxylation is 1. The van der Waals surface area contributed by atoms with E-state index in [2.05, 4.69) is 21.4 Å². The van der Waals surface area contributed by atoms with Crippen LogP contribution in [-0.4, -0.2) is 7.11 Å². The summed E-state index contributed by atoms with van der Waals surface area (Å²) in [5.74, 6) is 5.93. The van der Waals surface area contributed by atoms with Crippen molar-refractivity contribution in [3.05, 3.63) is 63.4 Å². The van der Waals surface area contributed by atoms with Gasteiger partial charge in [0.15, 0.2) is 0 Å². The minimum Gasteiger partial charge on any atom is -0.496 e. The molecule has 1 atom stereocenters. The molecule has 0 spiro atoms. The van der Waals surface area contributed by atoms with Gasteiger partial charge in [-0.2, -0.15) is 0 Å². The van der Waals surface area contributed by atoms with Gasteiger partial charge in [0.1, 0.15) is 11.6 Å². The molecule has 0 aromatic heterocycles. The molecule has 0 aliphatic rings. The summed E-state index contributed by atoms with van der Waals surface area (Å²) >= 11 is 3.46. The van der Waals surface area contributed by atoms with Gasteiger partial charge in [-0.05, 0) is 42.3 Å². The minimum atomic E-state index is -0.340. The predicted molar refractivity (Wildman–Crippen MR) is 81.0 cm³/mol. The topological polar surface area (TPSA) is 47.3 Å². The lowest BCUT2D eigenvalue weighted by atomic mass is 9.97. The summed E-state index contributed by atoms with van der Waals surface area (Å²) in [5, 5.41) is 0. The molecule has 2 aromatic rings. The zero-order valence-electron chi connectivity index (χ0n) is 11.3. The Kier molecular flexibility index (Phi) is 4.75. The number of halogens is 2. The fourth-order valence-electron chi connectivity index (χ4n) is 2.14. The smallest absolute Gasteiger partial charge is 0.124 e. The molecule has 3 N–H and O–H groups in total. The normalized spacial score (nSPS) is 12.2. The number of rotatable bonds is 4. The van der Waals surface area contributed by atoms with Crippen LogP contribution in [0.4, 0.5) is 4.39 Å². The standard InChI is InChI=1S/C15H16BrFN2O/c1-9-7-10(3-5-13(9)16)15(19-18)12-8-11(17)4-6-14(12)20-2/h3-8,15,19H,18H2,1-2H3. The number of nitrogens with two attached hydrogens (primary N) is 1. The zero-order chi connectivity index (χ0) is 14.7. The fourth-order valence-corrected chi connectivity index (χ4v) is 2.39. The molecule has 0 radical (unpaired) electrons. The molecule has 20 heavy (non-hydrogen) atoms. The molecule has 0 saturated carbocycles. The van der Waals surface area contributed by atoms with Crippen molar-refractivity contribution in [2.45, 2.75) is 13.0 Å². The summed E-state index contributed by atoms with van der Waals surface area (Å²) in [6.45, 7) is 1.99. The third-order valence-corrected chi connectivity index (χ3v) is 4.07. The van der Waals surface area contributed by atoms with Crippen molar-refractivity contribution < 1.29 is 9.13 Å². The van der Waals surface area contributed by atoms with Crippen LogP contribution in [-0.2, 0) is 0 Å². The molecule has 3 nitrogen and oxygen atoms in total. The summed E-state index contributed by atoms with van der Waals surface area (Å²) in [4.78, 5) is 0. The molecule has 106 valence electrons. The summed E-state index contributed by atoms with van der Waals surface area (Å²) in [6.07, 6.45) is 0. The summed E-state index contributed by atoms with van der Waals surface area (Å²) < 4.78 is 19.8. The Bertz CT molecular complexity index is 619. The van der Waals surface area contributed by atoms with Gasteiger partial charge in [0.05, 0.1) is 13.2 Å². The van der Waals surface area contributed by atoms with E-state index in [1.807, 2.05) is 25.1 Å². The van der Waals surface area contributed by atoms with Crippen LogP contribution in [0, 0.1) is 12.7 Å². The van der Waals surface area contributed by atoms with E-state index in [1.54, 1.807) is 13.2 Å². The van der Waals surface area contributed by atoms with Gasteiger partial charge in [0, 0.05) is 10.0 Å². The van der Waals surface area contributed by atoms with E-state index in [4.69, 9.17) is 10.6 Å². The van der Waals surface area contributed by atoms with Crippen molar-refractivity contribution in [1.29, 1.82) is 0 Å². The van der Waals surface area contributed by atoms with Gasteiger partial charge in [-0.1, -0.05) is 28.1 Å². The second kappa shape index (κ2) is 6.35. The first-order chi connectivity index (χ1) is 9.56. The summed E-state index contributed by atoms with van der Waals surface area (Å²) in [6, 6.07) is 9.93. The van der Waals surface area contributed by atoms with Crippen LogP contribution in [0.2, 0.25) is 0 Å². The first-order valence-electron chi connectivity index (χ1n) is 6.12. The highest BCUT2D eigenvalue weighted by atomic mass is 79.9. The van der Waals surface area contributed by atoms with Gasteiger partial charge >= 0.3 is 0 Å². The van der Waals surface area contributed by atoms with E-state index in [0.29, 0.717) is 11.3 Å². The van der Waals surface area contributed by atoms with Crippen molar-refractivity contribution in [3.8, 4) is 5.75 Å². The van der Waals surface area contributed by atoms with Gasteiger partial charge in [-0.3, -0.25) is 5.84 Å². The maximum Gasteiger partial charge on any atom is 0.124 e. The average molecular weight is 339 g/mol. The van der Waals surface area contributed by atoms with E-state index in [1.165, 1.54) is 12.1 Å². The monoisotopic (exact) mass is 338 g/mol. The minimum absolute atomic E-state index is 0.324. The molecule has 0 fully saturated rings. The number of hydrogen-bond acceptors (Lipinski definition) is 3. The van der Waals surface area contributed by atoms with Crippen LogP contribution in [0.3, 0.4) is 0 Å². The second-order valence-corrected chi connectivity index (χ2v) is 5.35. The Hall–Kier alpha value is -1.43. The van der Waals surface area contributed by atoms with E-state index in [9.17, 15) is 4.39 Å². The number of hydrazine groups is 1. The van der Waals surface area contributed by atoms with Crippen LogP contribution in [0.5, 0.6) is 5.75 Å². The highest BCUT2D eigenvalue weighted by molar-refractivity contribution is 9.10. The SMILES string of the molecule is COc1ccc(F)cc1C(NN)c1ccc(Br)c(C)c1. The van der Waals surface area contributed by atoms with E-state index in [0.717, 1.165) is 15.6 Å². The molecule has 5 heteroatoms. The van der Waals surface area contributed by atoms with Gasteiger partial charge < -0.3 is 4.74 Å². The Morgan fingerprint density at radius 2 is 2.00 bits per heavy atom. The lowest BCUT2D eigenvalue weighted by molar-refractivity contribution is 0.402. The maximum absolute atomic E-state index is 13.5. The Balaban J connectivity index is 2.51. The highest BCUT2D eigenvalue weighted by Gasteiger charge is 2.18. The molecule has 0 aliphatic carbocycles. The van der Waals surface area contributed by atoms with Crippen molar-refractivity contribution in [2.24, 2.45) is 5.84 Å². The largest absolute Gasteiger partial charge is 0.496 e. The molecule has 0 aliphatic heterocycles. The molecular formula is C15H16BrFN2O. The third-order valence-electron chi connectivity index (χ3n) is 3.18. The highest BCUT2D eigenvalue weighted by Crippen LogP contribution is 2.31. The number of hydrogen-bond donors (Lipinski definition) is 2. The van der Waals surface area contributed by atoms with Gasteiger partial charge in [0.25, 0.3) is 0 Å². The maximum atomic E-state index is 13.5. The molecule has 2 aromatic carbocycles. The van der Waals surface area contributed by atoms with Crippen LogP contribution < -0.4 is 16.0 Å².